The number of rotatable bonds is 1. The molecule has 0 aliphatic carbocycles. The van der Waals surface area contributed by atoms with Crippen molar-refractivity contribution in [3.05, 3.63) is 30.3 Å². The molecule has 0 radical (unpaired) electrons. The van der Waals surface area contributed by atoms with Gasteiger partial charge < -0.3 is 0 Å². The van der Waals surface area contributed by atoms with Crippen LogP contribution in [0.1, 0.15) is 0 Å². The van der Waals surface area contributed by atoms with Gasteiger partial charge in [-0.05, 0) is 12.1 Å². The normalized spacial score (nSPS) is 18.1. The Morgan fingerprint density at radius 3 is 2.27 bits per heavy atom. The van der Waals surface area contributed by atoms with Gasteiger partial charge in [-0.1, -0.05) is 18.2 Å². The van der Waals surface area contributed by atoms with E-state index in [2.05, 4.69) is 0 Å². The molecule has 1 saturated heterocycles. The predicted molar refractivity (Wildman–Crippen MR) is 58.0 cm³/mol. The van der Waals surface area contributed by atoms with Crippen molar-refractivity contribution in [3.63, 3.8) is 0 Å². The van der Waals surface area contributed by atoms with Gasteiger partial charge >= 0.3 is 39.8 Å². The van der Waals surface area contributed by atoms with E-state index in [0.717, 1.165) is 4.31 Å². The van der Waals surface area contributed by atoms with Gasteiger partial charge in [0.2, 0.25) is 0 Å². The summed E-state index contributed by atoms with van der Waals surface area (Å²) in [6.07, 6.45) is 0. The summed E-state index contributed by atoms with van der Waals surface area (Å²) in [5, 5.41) is 0. The Morgan fingerprint density at radius 1 is 1.20 bits per heavy atom. The number of benzene rings is 1. The first kappa shape index (κ1) is 12.5. The molecule has 1 fully saturated rings. The fourth-order valence-corrected chi connectivity index (χ4v) is 2.42. The van der Waals surface area contributed by atoms with E-state index in [4.69, 9.17) is 0 Å². The molecule has 76 valence electrons. The van der Waals surface area contributed by atoms with Crippen LogP contribution in [0.3, 0.4) is 0 Å². The zero-order valence-electron chi connectivity index (χ0n) is 7.17. The van der Waals surface area contributed by atoms with Crippen LogP contribution in [0.5, 0.6) is 0 Å². The molecule has 0 bridgehead atoms. The molecule has 0 aromatic heterocycles. The number of nitrogens with one attached hydrogen (secondary N) is 1. The van der Waals surface area contributed by atoms with Crippen LogP contribution in [0, 0.1) is 0 Å². The summed E-state index contributed by atoms with van der Waals surface area (Å²) >= 11 is 0. The summed E-state index contributed by atoms with van der Waals surface area (Å²) in [6, 6.07) is 8.48. The van der Waals surface area contributed by atoms with Crippen LogP contribution >= 0.6 is 0 Å². The Kier molecular flexibility index (Phi) is 3.77. The first-order valence-electron chi connectivity index (χ1n) is 3.98. The Hall–Kier alpha value is -0.560. The fourth-order valence-electron chi connectivity index (χ4n) is 1.27. The van der Waals surface area contributed by atoms with Crippen LogP contribution < -0.4 is 9.03 Å². The second kappa shape index (κ2) is 4.52. The Morgan fingerprint density at radius 2 is 1.80 bits per heavy atom. The van der Waals surface area contributed by atoms with E-state index in [0.29, 0.717) is 5.69 Å². The third-order valence-electron chi connectivity index (χ3n) is 1.86. The van der Waals surface area contributed by atoms with Crippen LogP contribution in [-0.2, 0) is 15.0 Å². The topological polar surface area (TPSA) is 66.5 Å². The summed E-state index contributed by atoms with van der Waals surface area (Å²) < 4.78 is 25.7. The van der Waals surface area contributed by atoms with Crippen molar-refractivity contribution in [2.45, 2.75) is 0 Å². The van der Waals surface area contributed by atoms with Crippen molar-refractivity contribution < 1.29 is 13.2 Å². The van der Waals surface area contributed by atoms with Gasteiger partial charge in [0.05, 0.1) is 5.69 Å². The number of para-hydroxylation sites is 1. The molecule has 0 unspecified atom stereocenters. The van der Waals surface area contributed by atoms with E-state index >= 15 is 0 Å². The molecular weight excluding hydrogens is 227 g/mol. The molecule has 1 aromatic carbocycles. The molecule has 1 N–H and O–H groups in total. The zero-order valence-corrected chi connectivity index (χ0v) is 7.99. The average molecular weight is 236 g/mol. The second-order valence-corrected chi connectivity index (χ2v) is 4.47. The minimum atomic E-state index is -3.66. The van der Waals surface area contributed by atoms with E-state index in [1.54, 1.807) is 30.3 Å². The number of hydrogen-bond acceptors (Lipinski definition) is 3. The van der Waals surface area contributed by atoms with E-state index < -0.39 is 16.1 Å². The van der Waals surface area contributed by atoms with E-state index in [1.807, 2.05) is 4.72 Å². The van der Waals surface area contributed by atoms with Gasteiger partial charge in [0.15, 0.2) is 0 Å². The summed E-state index contributed by atoms with van der Waals surface area (Å²) in [7, 11) is -3.66. The molecule has 5 nitrogen and oxygen atoms in total. The van der Waals surface area contributed by atoms with Crippen LogP contribution in [0.25, 0.3) is 0 Å². The third kappa shape index (κ3) is 2.52. The molecule has 1 aliphatic heterocycles. The van der Waals surface area contributed by atoms with E-state index in [1.165, 1.54) is 0 Å². The number of carbonyl (C=O) groups excluding carboxylic acids is 1. The van der Waals surface area contributed by atoms with Gasteiger partial charge in [0.25, 0.3) is 5.91 Å². The average Bonchev–Trinajstić information content (AvgIpc) is 2.41. The van der Waals surface area contributed by atoms with E-state index in [9.17, 15) is 13.2 Å². The summed E-state index contributed by atoms with van der Waals surface area (Å²) in [4.78, 5) is 10.9. The van der Waals surface area contributed by atoms with Crippen LogP contribution in [0.15, 0.2) is 30.3 Å². The zero-order chi connectivity index (χ0) is 10.2. The predicted octanol–water partition coefficient (Wildman–Crippen LogP) is -0.781. The SMILES string of the molecule is O=C1CN(c2ccccc2)S(=O)(=O)N1.[NaH]. The van der Waals surface area contributed by atoms with Gasteiger partial charge in [-0.3, -0.25) is 4.79 Å². The van der Waals surface area contributed by atoms with Gasteiger partial charge in [-0.25, -0.2) is 9.03 Å². The number of anilines is 1. The molecule has 7 heteroatoms. The maximum absolute atomic E-state index is 11.4. The molecule has 1 aromatic rings. The molecule has 0 atom stereocenters. The van der Waals surface area contributed by atoms with Crippen molar-refractivity contribution >= 4 is 51.4 Å². The second-order valence-electron chi connectivity index (χ2n) is 2.87. The van der Waals surface area contributed by atoms with Gasteiger partial charge in [0.1, 0.15) is 6.54 Å². The van der Waals surface area contributed by atoms with Crippen molar-refractivity contribution in [3.8, 4) is 0 Å². The number of carbonyl (C=O) groups is 1. The van der Waals surface area contributed by atoms with Crippen molar-refractivity contribution in [2.75, 3.05) is 10.8 Å². The van der Waals surface area contributed by atoms with Crippen LogP contribution in [0.4, 0.5) is 5.69 Å². The minimum absolute atomic E-state index is 0. The van der Waals surface area contributed by atoms with Crippen molar-refractivity contribution in [1.82, 2.24) is 4.72 Å². The Balaban J connectivity index is 0.00000112. The number of nitrogens with zero attached hydrogens (tertiary/aromatic N) is 1. The van der Waals surface area contributed by atoms with Crippen molar-refractivity contribution in [2.24, 2.45) is 0 Å². The van der Waals surface area contributed by atoms with Gasteiger partial charge in [-0.2, -0.15) is 8.42 Å². The quantitative estimate of drug-likeness (QED) is 0.650. The maximum atomic E-state index is 11.4. The summed E-state index contributed by atoms with van der Waals surface area (Å²) in [5.74, 6) is -0.506. The Bertz CT molecular complexity index is 460. The molecule has 1 heterocycles. The first-order valence-corrected chi connectivity index (χ1v) is 5.42. The first-order chi connectivity index (χ1) is 6.59. The monoisotopic (exact) mass is 236 g/mol. The third-order valence-corrected chi connectivity index (χ3v) is 3.27. The van der Waals surface area contributed by atoms with Gasteiger partial charge in [-0.15, -0.1) is 0 Å². The number of hydrogen-bond donors (Lipinski definition) is 1. The summed E-state index contributed by atoms with van der Waals surface area (Å²) in [5.41, 5.74) is 0.492. The molecule has 2 rings (SSSR count). The fraction of sp³-hybridized carbons (Fsp3) is 0.125. The molecule has 1 amide bonds. The molecule has 0 spiro atoms. The molecule has 15 heavy (non-hydrogen) atoms. The summed E-state index contributed by atoms with van der Waals surface area (Å²) in [6.45, 7) is -0.146. The van der Waals surface area contributed by atoms with Crippen LogP contribution in [0.2, 0.25) is 0 Å². The molecule has 1 aliphatic rings. The van der Waals surface area contributed by atoms with Crippen molar-refractivity contribution in [1.29, 1.82) is 0 Å². The van der Waals surface area contributed by atoms with E-state index in [-0.39, 0.29) is 36.1 Å². The van der Waals surface area contributed by atoms with Gasteiger partial charge in [0, 0.05) is 0 Å². The standard InChI is InChI=1S/C8H8N2O3S.Na.H/c11-8-6-10(14(12,13)9-8)7-4-2-1-3-5-7;;/h1-5H,6H2,(H,9,11);;. The number of amides is 1. The molecule has 0 saturated carbocycles. The Labute approximate surface area is 110 Å². The van der Waals surface area contributed by atoms with Crippen LogP contribution in [-0.4, -0.2) is 50.4 Å². The molecular formula is C8H9N2NaO3S.